The summed E-state index contributed by atoms with van der Waals surface area (Å²) in [7, 11) is 0. The minimum atomic E-state index is 0.923. The van der Waals surface area contributed by atoms with Crippen LogP contribution in [0.3, 0.4) is 0 Å². The van der Waals surface area contributed by atoms with E-state index in [1.165, 1.54) is 43.5 Å². The van der Waals surface area contributed by atoms with Gasteiger partial charge in [-0.3, -0.25) is 4.98 Å². The van der Waals surface area contributed by atoms with Crippen LogP contribution in [-0.2, 0) is 6.54 Å². The molecule has 1 fully saturated rings. The van der Waals surface area contributed by atoms with E-state index in [4.69, 9.17) is 0 Å². The second-order valence-corrected chi connectivity index (χ2v) is 6.02. The van der Waals surface area contributed by atoms with Crippen LogP contribution in [-0.4, -0.2) is 24.6 Å². The lowest BCUT2D eigenvalue weighted by atomic mass is 10.1. The van der Waals surface area contributed by atoms with Crippen molar-refractivity contribution in [1.82, 2.24) is 10.3 Å². The Morgan fingerprint density at radius 2 is 2.10 bits per heavy atom. The fraction of sp³-hybridized carbons (Fsp3) is 0.706. The maximum Gasteiger partial charge on any atom is 0.0445 e. The molecule has 3 nitrogen and oxygen atoms in total. The van der Waals surface area contributed by atoms with Gasteiger partial charge in [-0.2, -0.15) is 0 Å². The van der Waals surface area contributed by atoms with E-state index in [0.29, 0.717) is 0 Å². The molecule has 0 spiro atoms. The predicted molar refractivity (Wildman–Crippen MR) is 86.2 cm³/mol. The van der Waals surface area contributed by atoms with E-state index >= 15 is 0 Å². The van der Waals surface area contributed by atoms with Gasteiger partial charge in [-0.15, -0.1) is 0 Å². The Kier molecular flexibility index (Phi) is 5.84. The Morgan fingerprint density at radius 3 is 2.75 bits per heavy atom. The largest absolute Gasteiger partial charge is 0.371 e. The lowest BCUT2D eigenvalue weighted by Crippen LogP contribution is -2.28. The highest BCUT2D eigenvalue weighted by molar-refractivity contribution is 5.53. The zero-order valence-corrected chi connectivity index (χ0v) is 13.3. The smallest absolute Gasteiger partial charge is 0.0445 e. The summed E-state index contributed by atoms with van der Waals surface area (Å²) in [6, 6.07) is 2.26. The van der Waals surface area contributed by atoms with Gasteiger partial charge in [-0.25, -0.2) is 0 Å². The molecule has 3 heteroatoms. The molecule has 2 rings (SSSR count). The number of hydrogen-bond donors (Lipinski definition) is 1. The summed E-state index contributed by atoms with van der Waals surface area (Å²) < 4.78 is 0. The van der Waals surface area contributed by atoms with Gasteiger partial charge in [0.2, 0.25) is 0 Å². The first-order valence-corrected chi connectivity index (χ1v) is 8.15. The third kappa shape index (κ3) is 4.48. The van der Waals surface area contributed by atoms with Crippen molar-refractivity contribution in [3.8, 4) is 0 Å². The predicted octanol–water partition coefficient (Wildman–Crippen LogP) is 3.52. The van der Waals surface area contributed by atoms with E-state index in [1.54, 1.807) is 0 Å². The fourth-order valence-electron chi connectivity index (χ4n) is 2.60. The summed E-state index contributed by atoms with van der Waals surface area (Å²) in [5.74, 6) is 0.923. The molecule has 1 aliphatic rings. The number of nitrogens with zero attached hydrogens (tertiary/aromatic N) is 2. The Hall–Kier alpha value is -1.09. The van der Waals surface area contributed by atoms with Crippen molar-refractivity contribution in [2.45, 2.75) is 53.0 Å². The van der Waals surface area contributed by atoms with Gasteiger partial charge >= 0.3 is 0 Å². The molecular formula is C17H29N3. The van der Waals surface area contributed by atoms with Crippen LogP contribution in [0.2, 0.25) is 0 Å². The van der Waals surface area contributed by atoms with E-state index in [9.17, 15) is 0 Å². The lowest BCUT2D eigenvalue weighted by Gasteiger charge is -2.27. The van der Waals surface area contributed by atoms with Crippen molar-refractivity contribution in [2.24, 2.45) is 5.92 Å². The Morgan fingerprint density at radius 1 is 1.30 bits per heavy atom. The van der Waals surface area contributed by atoms with Gasteiger partial charge in [0.15, 0.2) is 0 Å². The Bertz CT molecular complexity index is 413. The molecule has 1 heterocycles. The van der Waals surface area contributed by atoms with Crippen molar-refractivity contribution < 1.29 is 0 Å². The van der Waals surface area contributed by atoms with Crippen LogP contribution in [0.5, 0.6) is 0 Å². The van der Waals surface area contributed by atoms with Crippen molar-refractivity contribution >= 4 is 5.69 Å². The summed E-state index contributed by atoms with van der Waals surface area (Å²) in [5, 5.41) is 3.51. The second-order valence-electron chi connectivity index (χ2n) is 6.02. The first-order valence-electron chi connectivity index (χ1n) is 8.15. The molecule has 0 amide bonds. The van der Waals surface area contributed by atoms with E-state index in [2.05, 4.69) is 48.2 Å². The number of nitrogens with one attached hydrogen (secondary N) is 1. The number of hydrogen-bond acceptors (Lipinski definition) is 3. The topological polar surface area (TPSA) is 28.2 Å². The molecule has 1 N–H and O–H groups in total. The molecule has 0 unspecified atom stereocenters. The van der Waals surface area contributed by atoms with Gasteiger partial charge in [-0.1, -0.05) is 13.8 Å². The first kappa shape index (κ1) is 15.3. The molecule has 1 aromatic heterocycles. The third-order valence-corrected chi connectivity index (χ3v) is 3.85. The lowest BCUT2D eigenvalue weighted by molar-refractivity contribution is 0.661. The van der Waals surface area contributed by atoms with Crippen molar-refractivity contribution in [3.05, 3.63) is 23.5 Å². The first-order chi connectivity index (χ1) is 9.74. The maximum absolute atomic E-state index is 4.49. The van der Waals surface area contributed by atoms with E-state index < -0.39 is 0 Å². The average Bonchev–Trinajstić information content (AvgIpc) is 3.24. The molecule has 0 atom stereocenters. The van der Waals surface area contributed by atoms with Gasteiger partial charge < -0.3 is 10.2 Å². The van der Waals surface area contributed by atoms with Crippen molar-refractivity contribution in [1.29, 1.82) is 0 Å². The fourth-order valence-corrected chi connectivity index (χ4v) is 2.60. The summed E-state index contributed by atoms with van der Waals surface area (Å²) >= 11 is 0. The molecule has 1 aromatic rings. The molecule has 1 saturated carbocycles. The molecule has 112 valence electrons. The SMILES string of the molecule is CCCNCc1cnc(C)cc1N(CCC)CC1CC1. The number of aryl methyl sites for hydroxylation is 1. The van der Waals surface area contributed by atoms with Crippen LogP contribution in [0.25, 0.3) is 0 Å². The minimum Gasteiger partial charge on any atom is -0.371 e. The quantitative estimate of drug-likeness (QED) is 0.699. The van der Waals surface area contributed by atoms with Crippen LogP contribution >= 0.6 is 0 Å². The number of pyridine rings is 1. The van der Waals surface area contributed by atoms with Crippen LogP contribution in [0.15, 0.2) is 12.3 Å². The molecule has 1 aliphatic carbocycles. The zero-order chi connectivity index (χ0) is 14.4. The Labute approximate surface area is 123 Å². The summed E-state index contributed by atoms with van der Waals surface area (Å²) in [6.45, 7) is 10.9. The van der Waals surface area contributed by atoms with Crippen LogP contribution in [0, 0.1) is 12.8 Å². The summed E-state index contributed by atoms with van der Waals surface area (Å²) in [6.07, 6.45) is 7.26. The molecule has 0 bridgehead atoms. The highest BCUT2D eigenvalue weighted by atomic mass is 15.1. The molecule has 0 radical (unpaired) electrons. The van der Waals surface area contributed by atoms with E-state index in [0.717, 1.165) is 31.2 Å². The van der Waals surface area contributed by atoms with Crippen LogP contribution in [0.4, 0.5) is 5.69 Å². The highest BCUT2D eigenvalue weighted by Crippen LogP contribution is 2.32. The number of rotatable bonds is 9. The third-order valence-electron chi connectivity index (χ3n) is 3.85. The standard InChI is InChI=1S/C17H29N3/c1-4-8-18-11-16-12-19-14(3)10-17(16)20(9-5-2)13-15-6-7-15/h10,12,15,18H,4-9,11,13H2,1-3H3. The molecule has 0 aliphatic heterocycles. The van der Waals surface area contributed by atoms with Crippen LogP contribution < -0.4 is 10.2 Å². The van der Waals surface area contributed by atoms with Gasteiger partial charge in [-0.05, 0) is 51.1 Å². The highest BCUT2D eigenvalue weighted by Gasteiger charge is 2.25. The van der Waals surface area contributed by atoms with Gasteiger partial charge in [0.25, 0.3) is 0 Å². The molecular weight excluding hydrogens is 246 g/mol. The number of aromatic nitrogens is 1. The number of anilines is 1. The van der Waals surface area contributed by atoms with Gasteiger partial charge in [0.05, 0.1) is 0 Å². The van der Waals surface area contributed by atoms with E-state index in [-0.39, 0.29) is 0 Å². The minimum absolute atomic E-state index is 0.923. The summed E-state index contributed by atoms with van der Waals surface area (Å²) in [5.41, 5.74) is 3.86. The van der Waals surface area contributed by atoms with E-state index in [1.807, 2.05) is 0 Å². The molecule has 20 heavy (non-hydrogen) atoms. The normalized spacial score (nSPS) is 14.6. The molecule has 0 saturated heterocycles. The second kappa shape index (κ2) is 7.63. The maximum atomic E-state index is 4.49. The molecule has 0 aromatic carbocycles. The van der Waals surface area contributed by atoms with Crippen molar-refractivity contribution in [2.75, 3.05) is 24.5 Å². The monoisotopic (exact) mass is 275 g/mol. The van der Waals surface area contributed by atoms with Gasteiger partial charge in [0, 0.05) is 42.8 Å². The summed E-state index contributed by atoms with van der Waals surface area (Å²) in [4.78, 5) is 7.07. The Balaban J connectivity index is 2.13. The average molecular weight is 275 g/mol. The zero-order valence-electron chi connectivity index (χ0n) is 13.3. The van der Waals surface area contributed by atoms with Gasteiger partial charge in [0.1, 0.15) is 0 Å². The van der Waals surface area contributed by atoms with Crippen LogP contribution in [0.1, 0.15) is 50.8 Å². The van der Waals surface area contributed by atoms with Crippen molar-refractivity contribution in [3.63, 3.8) is 0 Å².